The topological polar surface area (TPSA) is 102 Å². The van der Waals surface area contributed by atoms with E-state index in [0.29, 0.717) is 30.0 Å². The molecule has 1 aliphatic heterocycles. The van der Waals surface area contributed by atoms with E-state index < -0.39 is 23.9 Å². The highest BCUT2D eigenvalue weighted by Crippen LogP contribution is 2.60. The van der Waals surface area contributed by atoms with E-state index in [1.807, 2.05) is 30.3 Å². The van der Waals surface area contributed by atoms with Crippen LogP contribution in [0.3, 0.4) is 0 Å². The molecule has 0 spiro atoms. The van der Waals surface area contributed by atoms with Crippen molar-refractivity contribution in [3.8, 4) is 0 Å². The average Bonchev–Trinajstić information content (AvgIpc) is 2.97. The second kappa shape index (κ2) is 10.1. The van der Waals surface area contributed by atoms with E-state index >= 15 is 0 Å². The summed E-state index contributed by atoms with van der Waals surface area (Å²) >= 11 is 0. The molecule has 2 aromatic carbocycles. The van der Waals surface area contributed by atoms with Crippen molar-refractivity contribution in [2.24, 2.45) is 23.2 Å². The molecule has 2 aromatic rings. The van der Waals surface area contributed by atoms with E-state index in [1.54, 1.807) is 34.1 Å². The Morgan fingerprint density at radius 3 is 2.00 bits per heavy atom. The number of amides is 4. The fourth-order valence-corrected chi connectivity index (χ4v) is 7.96. The minimum absolute atomic E-state index is 0.0533. The summed E-state index contributed by atoms with van der Waals surface area (Å²) in [5.41, 5.74) is 1.98. The van der Waals surface area contributed by atoms with Crippen molar-refractivity contribution in [2.75, 3.05) is 34.8 Å². The van der Waals surface area contributed by atoms with Crippen LogP contribution in [0.2, 0.25) is 0 Å². The first kappa shape index (κ1) is 24.9. The predicted octanol–water partition coefficient (Wildman–Crippen LogP) is 4.16. The van der Waals surface area contributed by atoms with Gasteiger partial charge in [0, 0.05) is 25.4 Å². The monoisotopic (exact) mass is 516 g/mol. The van der Waals surface area contributed by atoms with Gasteiger partial charge in [-0.1, -0.05) is 30.3 Å². The molecule has 4 saturated carbocycles. The molecule has 200 valence electrons. The number of nitrogens with one attached hydrogen (secondary N) is 2. The van der Waals surface area contributed by atoms with E-state index in [0.717, 1.165) is 37.0 Å². The summed E-state index contributed by atoms with van der Waals surface area (Å²) in [5, 5.41) is 15.0. The number of hydrogen-bond donors (Lipinski definition) is 3. The van der Waals surface area contributed by atoms with Gasteiger partial charge in [-0.25, -0.2) is 4.79 Å². The molecule has 1 unspecified atom stereocenters. The Labute approximate surface area is 223 Å². The second-order valence-corrected chi connectivity index (χ2v) is 11.8. The van der Waals surface area contributed by atoms with Gasteiger partial charge in [-0.3, -0.25) is 9.59 Å². The average molecular weight is 517 g/mol. The van der Waals surface area contributed by atoms with Crippen molar-refractivity contribution in [3.63, 3.8) is 0 Å². The summed E-state index contributed by atoms with van der Waals surface area (Å²) in [5.74, 6) is 1.31. The Kier molecular flexibility index (Phi) is 6.60. The lowest BCUT2D eigenvalue weighted by molar-refractivity contribution is -0.129. The first-order valence-electron chi connectivity index (χ1n) is 13.9. The molecule has 8 heteroatoms. The van der Waals surface area contributed by atoms with Crippen molar-refractivity contribution in [2.45, 2.75) is 51.0 Å². The van der Waals surface area contributed by atoms with Crippen LogP contribution in [0, 0.1) is 23.2 Å². The maximum atomic E-state index is 14.2. The number of carbonyl (C=O) groups excluding carboxylic acids is 3. The Hall–Kier alpha value is -3.39. The van der Waals surface area contributed by atoms with E-state index in [4.69, 9.17) is 0 Å². The summed E-state index contributed by atoms with van der Waals surface area (Å²) < 4.78 is 0. The molecule has 8 nitrogen and oxygen atoms in total. The van der Waals surface area contributed by atoms with Crippen molar-refractivity contribution >= 4 is 34.9 Å². The van der Waals surface area contributed by atoms with E-state index in [9.17, 15) is 19.5 Å². The highest BCUT2D eigenvalue weighted by Gasteiger charge is 2.53. The zero-order chi connectivity index (χ0) is 26.3. The molecule has 3 N–H and O–H groups in total. The summed E-state index contributed by atoms with van der Waals surface area (Å²) in [4.78, 5) is 44.4. The SMILES string of the molecule is O=C(Nc1ccccc1)NC1C(=O)N(CCCO)c2ccccc2N(CC23CC4CC(CC(C4)C2)C3)C1=O. The predicted molar refractivity (Wildman–Crippen MR) is 146 cm³/mol. The van der Waals surface area contributed by atoms with Gasteiger partial charge in [-0.15, -0.1) is 0 Å². The van der Waals surface area contributed by atoms with Gasteiger partial charge < -0.3 is 25.5 Å². The molecule has 0 saturated heterocycles. The fraction of sp³-hybridized carbons (Fsp3) is 0.500. The number of nitrogens with zero attached hydrogens (tertiary/aromatic N) is 2. The maximum Gasteiger partial charge on any atom is 0.320 e. The number of aliphatic hydroxyl groups excluding tert-OH is 1. The third kappa shape index (κ3) is 4.66. The number of benzene rings is 2. The van der Waals surface area contributed by atoms with Gasteiger partial charge in [0.2, 0.25) is 0 Å². The number of carbonyl (C=O) groups is 3. The lowest BCUT2D eigenvalue weighted by atomic mass is 9.49. The Morgan fingerprint density at radius 2 is 1.39 bits per heavy atom. The van der Waals surface area contributed by atoms with E-state index in [-0.39, 0.29) is 18.6 Å². The molecule has 7 rings (SSSR count). The van der Waals surface area contributed by atoms with Crippen LogP contribution in [0.25, 0.3) is 0 Å². The molecular weight excluding hydrogens is 480 g/mol. The van der Waals surface area contributed by atoms with Crippen molar-refractivity contribution in [1.29, 1.82) is 0 Å². The number of urea groups is 1. The van der Waals surface area contributed by atoms with Crippen LogP contribution in [-0.2, 0) is 9.59 Å². The number of para-hydroxylation sites is 3. The molecule has 4 amide bonds. The zero-order valence-electron chi connectivity index (χ0n) is 21.6. The van der Waals surface area contributed by atoms with Gasteiger partial charge in [0.25, 0.3) is 11.8 Å². The minimum atomic E-state index is -1.36. The number of hydrogen-bond acceptors (Lipinski definition) is 4. The van der Waals surface area contributed by atoms with Crippen LogP contribution in [0.15, 0.2) is 54.6 Å². The molecule has 38 heavy (non-hydrogen) atoms. The summed E-state index contributed by atoms with van der Waals surface area (Å²) in [6.07, 6.45) is 7.66. The molecule has 4 bridgehead atoms. The third-order valence-electron chi connectivity index (χ3n) is 8.99. The smallest absolute Gasteiger partial charge is 0.320 e. The highest BCUT2D eigenvalue weighted by molar-refractivity contribution is 6.21. The highest BCUT2D eigenvalue weighted by atomic mass is 16.3. The van der Waals surface area contributed by atoms with E-state index in [1.165, 1.54) is 19.3 Å². The van der Waals surface area contributed by atoms with Gasteiger partial charge >= 0.3 is 6.03 Å². The van der Waals surface area contributed by atoms with Crippen molar-refractivity contribution in [1.82, 2.24) is 5.32 Å². The minimum Gasteiger partial charge on any atom is -0.396 e. The van der Waals surface area contributed by atoms with E-state index in [2.05, 4.69) is 10.6 Å². The Bertz CT molecular complexity index is 1180. The van der Waals surface area contributed by atoms with Crippen LogP contribution in [0.4, 0.5) is 21.9 Å². The largest absolute Gasteiger partial charge is 0.396 e. The summed E-state index contributed by atoms with van der Waals surface area (Å²) in [6, 6.07) is 14.5. The number of rotatable bonds is 7. The van der Waals surface area contributed by atoms with Gasteiger partial charge in [-0.05, 0) is 92.4 Å². The molecule has 1 heterocycles. The molecule has 4 fully saturated rings. The van der Waals surface area contributed by atoms with Crippen LogP contribution in [0.5, 0.6) is 0 Å². The molecule has 0 radical (unpaired) electrons. The van der Waals surface area contributed by atoms with Gasteiger partial charge in [0.05, 0.1) is 11.4 Å². The summed E-state index contributed by atoms with van der Waals surface area (Å²) in [7, 11) is 0. The molecule has 5 aliphatic rings. The van der Waals surface area contributed by atoms with Gasteiger partial charge in [0.1, 0.15) is 0 Å². The van der Waals surface area contributed by atoms with Crippen LogP contribution < -0.4 is 20.4 Å². The van der Waals surface area contributed by atoms with Gasteiger partial charge in [0.15, 0.2) is 6.04 Å². The standard InChI is InChI=1S/C30H36N4O4/c35-12-6-11-33-24-9-4-5-10-25(24)34(19-30-16-20-13-21(17-30)15-22(14-20)18-30)28(37)26(27(33)36)32-29(38)31-23-7-2-1-3-8-23/h1-5,7-10,20-22,26,35H,6,11-19H2,(H2,31,32,38). The van der Waals surface area contributed by atoms with Gasteiger partial charge in [-0.2, -0.15) is 0 Å². The first-order chi connectivity index (χ1) is 18.4. The number of anilines is 3. The van der Waals surface area contributed by atoms with Crippen LogP contribution in [-0.4, -0.2) is 48.7 Å². The molecule has 1 atom stereocenters. The zero-order valence-corrected chi connectivity index (χ0v) is 21.6. The lowest BCUT2D eigenvalue weighted by Crippen LogP contribution is -2.59. The number of aliphatic hydroxyl groups is 1. The molecule has 0 aromatic heterocycles. The second-order valence-electron chi connectivity index (χ2n) is 11.8. The van der Waals surface area contributed by atoms with Crippen LogP contribution >= 0.6 is 0 Å². The van der Waals surface area contributed by atoms with Crippen molar-refractivity contribution in [3.05, 3.63) is 54.6 Å². The molecular formula is C30H36N4O4. The Balaban J connectivity index is 1.34. The lowest BCUT2D eigenvalue weighted by Gasteiger charge is -2.57. The number of fused-ring (bicyclic) bond motifs is 1. The normalized spacial score (nSPS) is 29.7. The molecule has 4 aliphatic carbocycles. The third-order valence-corrected chi connectivity index (χ3v) is 8.99. The fourth-order valence-electron chi connectivity index (χ4n) is 7.96. The van der Waals surface area contributed by atoms with Crippen LogP contribution in [0.1, 0.15) is 44.9 Å². The maximum absolute atomic E-state index is 14.2. The van der Waals surface area contributed by atoms with Crippen molar-refractivity contribution < 1.29 is 19.5 Å². The Morgan fingerprint density at radius 1 is 0.842 bits per heavy atom. The quantitative estimate of drug-likeness (QED) is 0.481. The first-order valence-corrected chi connectivity index (χ1v) is 13.9. The summed E-state index contributed by atoms with van der Waals surface area (Å²) in [6.45, 7) is 0.735.